The minimum Gasteiger partial charge on any atom is -0.296 e. The summed E-state index contributed by atoms with van der Waals surface area (Å²) < 4.78 is 29.5. The van der Waals surface area contributed by atoms with Crippen molar-refractivity contribution in [2.45, 2.75) is 58.3 Å². The Bertz CT molecular complexity index is 666. The smallest absolute Gasteiger partial charge is 0.296 e. The normalized spacial score (nSPS) is 22.3. The van der Waals surface area contributed by atoms with Crippen molar-refractivity contribution in [3.63, 3.8) is 0 Å². The van der Waals surface area contributed by atoms with Crippen molar-refractivity contribution in [3.8, 4) is 0 Å². The van der Waals surface area contributed by atoms with Gasteiger partial charge in [0, 0.05) is 5.41 Å². The van der Waals surface area contributed by atoms with E-state index in [0.717, 1.165) is 31.2 Å². The van der Waals surface area contributed by atoms with Crippen LogP contribution < -0.4 is 0 Å². The molecular formula is C19H28O4S. The van der Waals surface area contributed by atoms with Crippen LogP contribution in [0.1, 0.15) is 52.0 Å². The summed E-state index contributed by atoms with van der Waals surface area (Å²) in [5.41, 5.74) is 0.417. The van der Waals surface area contributed by atoms with Crippen LogP contribution >= 0.6 is 0 Å². The number of hydrogen-bond donors (Lipinski definition) is 0. The van der Waals surface area contributed by atoms with Crippen LogP contribution in [0, 0.1) is 24.2 Å². The fourth-order valence-electron chi connectivity index (χ4n) is 3.30. The third-order valence-corrected chi connectivity index (χ3v) is 6.69. The van der Waals surface area contributed by atoms with Crippen molar-refractivity contribution in [1.82, 2.24) is 0 Å². The van der Waals surface area contributed by atoms with E-state index >= 15 is 0 Å². The molecule has 0 heterocycles. The molecule has 0 spiro atoms. The molecular weight excluding hydrogens is 324 g/mol. The van der Waals surface area contributed by atoms with E-state index in [-0.39, 0.29) is 10.7 Å². The van der Waals surface area contributed by atoms with Crippen LogP contribution in [0.25, 0.3) is 0 Å². The van der Waals surface area contributed by atoms with E-state index in [9.17, 15) is 13.2 Å². The summed E-state index contributed by atoms with van der Waals surface area (Å²) in [5.74, 6) is 0.870. The molecule has 0 aromatic heterocycles. The highest BCUT2D eigenvalue weighted by Gasteiger charge is 2.38. The maximum atomic E-state index is 12.6. The average molecular weight is 352 g/mol. The molecule has 1 aliphatic carbocycles. The molecule has 0 N–H and O–H groups in total. The number of Topliss-reactive ketones (excluding diaryl/α,β-unsaturated/α-hetero) is 1. The Balaban J connectivity index is 1.99. The molecule has 0 radical (unpaired) electrons. The molecule has 0 amide bonds. The number of ketones is 1. The second-order valence-corrected chi connectivity index (χ2v) is 9.25. The Morgan fingerprint density at radius 2 is 1.67 bits per heavy atom. The van der Waals surface area contributed by atoms with E-state index in [2.05, 4.69) is 6.92 Å². The minimum absolute atomic E-state index is 0.0881. The standard InChI is InChI=1S/C19H28O4S/c1-14-5-9-16(10-6-14)19(3,4)18(20)13-23-24(21,22)17-11-7-15(2)8-12-17/h7-8,11-12,14,16H,5-6,9-10,13H2,1-4H3. The SMILES string of the molecule is Cc1ccc(S(=O)(=O)OCC(=O)C(C)(C)C2CCC(C)CC2)cc1. The average Bonchev–Trinajstić information content (AvgIpc) is 2.53. The van der Waals surface area contributed by atoms with Crippen molar-refractivity contribution in [3.05, 3.63) is 29.8 Å². The summed E-state index contributed by atoms with van der Waals surface area (Å²) >= 11 is 0. The van der Waals surface area contributed by atoms with Gasteiger partial charge in [0.15, 0.2) is 5.78 Å². The fourth-order valence-corrected chi connectivity index (χ4v) is 4.17. The third-order valence-electron chi connectivity index (χ3n) is 5.41. The van der Waals surface area contributed by atoms with Crippen LogP contribution in [0.5, 0.6) is 0 Å². The highest BCUT2D eigenvalue weighted by Crippen LogP contribution is 2.40. The molecule has 0 bridgehead atoms. The first-order valence-electron chi connectivity index (χ1n) is 8.62. The number of rotatable bonds is 6. The molecule has 1 saturated carbocycles. The summed E-state index contributed by atoms with van der Waals surface area (Å²) in [7, 11) is -3.89. The zero-order valence-corrected chi connectivity index (χ0v) is 15.9. The minimum atomic E-state index is -3.89. The van der Waals surface area contributed by atoms with E-state index in [4.69, 9.17) is 4.18 Å². The highest BCUT2D eigenvalue weighted by atomic mass is 32.2. The van der Waals surface area contributed by atoms with Crippen LogP contribution in [0.2, 0.25) is 0 Å². The van der Waals surface area contributed by atoms with Crippen LogP contribution in [-0.2, 0) is 19.1 Å². The quantitative estimate of drug-likeness (QED) is 0.723. The lowest BCUT2D eigenvalue weighted by Crippen LogP contribution is -2.38. The van der Waals surface area contributed by atoms with E-state index in [0.29, 0.717) is 11.8 Å². The van der Waals surface area contributed by atoms with Crippen molar-refractivity contribution in [1.29, 1.82) is 0 Å². The molecule has 1 aliphatic rings. The van der Waals surface area contributed by atoms with Gasteiger partial charge in [0.25, 0.3) is 10.1 Å². The Kier molecular flexibility index (Phi) is 5.87. The van der Waals surface area contributed by atoms with Gasteiger partial charge in [-0.25, -0.2) is 0 Å². The van der Waals surface area contributed by atoms with E-state index in [1.165, 1.54) is 12.1 Å². The van der Waals surface area contributed by atoms with E-state index < -0.39 is 22.1 Å². The molecule has 1 aromatic rings. The summed E-state index contributed by atoms with van der Waals surface area (Å²) in [6, 6.07) is 6.43. The third kappa shape index (κ3) is 4.45. The Hall–Kier alpha value is -1.20. The number of aryl methyl sites for hydroxylation is 1. The van der Waals surface area contributed by atoms with E-state index in [1.54, 1.807) is 12.1 Å². The van der Waals surface area contributed by atoms with Crippen molar-refractivity contribution < 1.29 is 17.4 Å². The van der Waals surface area contributed by atoms with Gasteiger partial charge >= 0.3 is 0 Å². The summed E-state index contributed by atoms with van der Waals surface area (Å²) in [6.07, 6.45) is 4.29. The van der Waals surface area contributed by atoms with Crippen molar-refractivity contribution >= 4 is 15.9 Å². The van der Waals surface area contributed by atoms with Gasteiger partial charge in [0.1, 0.15) is 6.61 Å². The van der Waals surface area contributed by atoms with Crippen LogP contribution in [0.4, 0.5) is 0 Å². The molecule has 24 heavy (non-hydrogen) atoms. The van der Waals surface area contributed by atoms with Gasteiger partial charge in [-0.2, -0.15) is 8.42 Å². The largest absolute Gasteiger partial charge is 0.297 e. The summed E-state index contributed by atoms with van der Waals surface area (Å²) in [6.45, 7) is 7.56. The second-order valence-electron chi connectivity index (χ2n) is 7.63. The first-order valence-corrected chi connectivity index (χ1v) is 10.0. The number of carbonyl (C=O) groups is 1. The molecule has 134 valence electrons. The predicted molar refractivity (Wildman–Crippen MR) is 94.2 cm³/mol. The van der Waals surface area contributed by atoms with Crippen molar-refractivity contribution in [2.75, 3.05) is 6.61 Å². The molecule has 2 rings (SSSR count). The lowest BCUT2D eigenvalue weighted by atomic mass is 9.67. The Morgan fingerprint density at radius 3 is 2.21 bits per heavy atom. The first kappa shape index (κ1) is 19.1. The second kappa shape index (κ2) is 7.36. The van der Waals surface area contributed by atoms with Gasteiger partial charge in [-0.15, -0.1) is 0 Å². The van der Waals surface area contributed by atoms with Gasteiger partial charge in [0.05, 0.1) is 4.90 Å². The van der Waals surface area contributed by atoms with Gasteiger partial charge in [-0.3, -0.25) is 8.98 Å². The maximum absolute atomic E-state index is 12.6. The van der Waals surface area contributed by atoms with Gasteiger partial charge < -0.3 is 0 Å². The highest BCUT2D eigenvalue weighted by molar-refractivity contribution is 7.86. The lowest BCUT2D eigenvalue weighted by Gasteiger charge is -2.37. The summed E-state index contributed by atoms with van der Waals surface area (Å²) in [4.78, 5) is 12.7. The molecule has 0 saturated heterocycles. The number of hydrogen-bond acceptors (Lipinski definition) is 4. The molecule has 5 heteroatoms. The molecule has 1 aromatic carbocycles. The van der Waals surface area contributed by atoms with Crippen LogP contribution in [-0.4, -0.2) is 20.8 Å². The van der Waals surface area contributed by atoms with Crippen molar-refractivity contribution in [2.24, 2.45) is 17.3 Å². The number of benzene rings is 1. The van der Waals surface area contributed by atoms with Crippen LogP contribution in [0.3, 0.4) is 0 Å². The first-order chi connectivity index (χ1) is 11.1. The van der Waals surface area contributed by atoms with Gasteiger partial charge in [-0.1, -0.05) is 51.3 Å². The predicted octanol–water partition coefficient (Wildman–Crippen LogP) is 4.12. The summed E-state index contributed by atoms with van der Waals surface area (Å²) in [5, 5.41) is 0. The molecule has 0 unspecified atom stereocenters. The monoisotopic (exact) mass is 352 g/mol. The van der Waals surface area contributed by atoms with Crippen LogP contribution in [0.15, 0.2) is 29.2 Å². The maximum Gasteiger partial charge on any atom is 0.297 e. The zero-order chi connectivity index (χ0) is 18.0. The molecule has 4 nitrogen and oxygen atoms in total. The zero-order valence-electron chi connectivity index (χ0n) is 15.0. The van der Waals surface area contributed by atoms with Gasteiger partial charge in [0.2, 0.25) is 0 Å². The molecule has 0 aliphatic heterocycles. The Morgan fingerprint density at radius 1 is 1.12 bits per heavy atom. The lowest BCUT2D eigenvalue weighted by molar-refractivity contribution is -0.132. The van der Waals surface area contributed by atoms with Gasteiger partial charge in [-0.05, 0) is 43.7 Å². The topological polar surface area (TPSA) is 60.4 Å². The molecule has 1 fully saturated rings. The number of carbonyl (C=O) groups excluding carboxylic acids is 1. The fraction of sp³-hybridized carbons (Fsp3) is 0.632. The Labute approximate surface area is 145 Å². The van der Waals surface area contributed by atoms with E-state index in [1.807, 2.05) is 20.8 Å². The molecule has 0 atom stereocenters.